The Morgan fingerprint density at radius 3 is 2.10 bits per heavy atom. The van der Waals surface area contributed by atoms with E-state index in [1.54, 1.807) is 0 Å². The molecule has 6 N–H and O–H groups in total. The van der Waals surface area contributed by atoms with Crippen LogP contribution in [0.15, 0.2) is 36.7 Å². The molecule has 0 amide bonds. The molecule has 0 fully saturated rings. The molecule has 0 radical (unpaired) electrons. The summed E-state index contributed by atoms with van der Waals surface area (Å²) in [6.07, 6.45) is 2.81. The summed E-state index contributed by atoms with van der Waals surface area (Å²) in [5.41, 5.74) is 10.7. The fourth-order valence-electron chi connectivity index (χ4n) is 1.18. The topological polar surface area (TPSA) is 152 Å². The number of aromatic carboxylic acids is 2. The number of nitrogen functional groups attached to an aromatic ring is 2. The lowest BCUT2D eigenvalue weighted by atomic mass is 10.3. The van der Waals surface area contributed by atoms with Crippen molar-refractivity contribution in [2.24, 2.45) is 0 Å². The molecule has 0 atom stereocenters. The third-order valence-electron chi connectivity index (χ3n) is 2.10. The Hall–Kier alpha value is -3.16. The van der Waals surface area contributed by atoms with Gasteiger partial charge in [0, 0.05) is 12.4 Å². The molecule has 104 valence electrons. The predicted molar refractivity (Wildman–Crippen MR) is 71.2 cm³/mol. The maximum absolute atomic E-state index is 10.3. The Morgan fingerprint density at radius 1 is 1.00 bits per heavy atom. The molecular weight excluding hydrogens is 264 g/mol. The van der Waals surface area contributed by atoms with E-state index in [9.17, 15) is 9.59 Å². The molecule has 8 nitrogen and oxygen atoms in total. The van der Waals surface area contributed by atoms with E-state index in [2.05, 4.69) is 9.97 Å². The summed E-state index contributed by atoms with van der Waals surface area (Å²) >= 11 is 0. The van der Waals surface area contributed by atoms with Crippen LogP contribution in [0.2, 0.25) is 0 Å². The van der Waals surface area contributed by atoms with Gasteiger partial charge in [0.15, 0.2) is 0 Å². The van der Waals surface area contributed by atoms with Crippen LogP contribution in [-0.2, 0) is 0 Å². The highest BCUT2D eigenvalue weighted by atomic mass is 16.4. The van der Waals surface area contributed by atoms with Gasteiger partial charge in [0.1, 0.15) is 17.2 Å². The average Bonchev–Trinajstić information content (AvgIpc) is 2.39. The maximum Gasteiger partial charge on any atom is 0.339 e. The molecule has 0 bridgehead atoms. The molecule has 2 heterocycles. The van der Waals surface area contributed by atoms with Crippen LogP contribution in [0.25, 0.3) is 0 Å². The van der Waals surface area contributed by atoms with Crippen molar-refractivity contribution in [3.8, 4) is 0 Å². The standard InChI is InChI=1S/2C6H6N2O2/c7-5-3-4(6(9)10)1-2-8-5;7-5-4(6(9)10)2-1-3-8-5/h2*1-3H,(H2,7,8)(H,9,10). The maximum atomic E-state index is 10.3. The molecular formula is C12H12N4O4. The summed E-state index contributed by atoms with van der Waals surface area (Å²) in [5, 5.41) is 16.9. The number of hydrogen-bond acceptors (Lipinski definition) is 6. The molecule has 0 saturated heterocycles. The Labute approximate surface area is 113 Å². The smallest absolute Gasteiger partial charge is 0.339 e. The SMILES string of the molecule is Nc1cc(C(=O)O)ccn1.Nc1ncccc1C(=O)O. The zero-order chi connectivity index (χ0) is 15.1. The number of hydrogen-bond donors (Lipinski definition) is 4. The minimum atomic E-state index is -1.05. The molecule has 0 aliphatic rings. The van der Waals surface area contributed by atoms with E-state index in [4.69, 9.17) is 21.7 Å². The zero-order valence-electron chi connectivity index (χ0n) is 10.2. The van der Waals surface area contributed by atoms with Crippen molar-refractivity contribution in [3.63, 3.8) is 0 Å². The van der Waals surface area contributed by atoms with Crippen molar-refractivity contribution in [2.45, 2.75) is 0 Å². The van der Waals surface area contributed by atoms with Gasteiger partial charge in [0.05, 0.1) is 5.56 Å². The van der Waals surface area contributed by atoms with Crippen LogP contribution in [0.4, 0.5) is 11.6 Å². The Kier molecular flexibility index (Phi) is 4.98. The lowest BCUT2D eigenvalue weighted by Gasteiger charge is -1.95. The van der Waals surface area contributed by atoms with E-state index < -0.39 is 11.9 Å². The first-order valence-corrected chi connectivity index (χ1v) is 5.30. The fourth-order valence-corrected chi connectivity index (χ4v) is 1.18. The number of carboxylic acid groups (broad SMARTS) is 2. The first-order valence-electron chi connectivity index (χ1n) is 5.30. The van der Waals surface area contributed by atoms with Crippen molar-refractivity contribution in [1.82, 2.24) is 9.97 Å². The summed E-state index contributed by atoms with van der Waals surface area (Å²) < 4.78 is 0. The van der Waals surface area contributed by atoms with E-state index >= 15 is 0 Å². The quantitative estimate of drug-likeness (QED) is 0.626. The van der Waals surface area contributed by atoms with Gasteiger partial charge in [-0.05, 0) is 24.3 Å². The van der Waals surface area contributed by atoms with E-state index in [-0.39, 0.29) is 22.8 Å². The van der Waals surface area contributed by atoms with Gasteiger partial charge in [-0.25, -0.2) is 19.6 Å². The van der Waals surface area contributed by atoms with Crippen LogP contribution in [0, 0.1) is 0 Å². The van der Waals surface area contributed by atoms with Crippen molar-refractivity contribution in [2.75, 3.05) is 11.5 Å². The van der Waals surface area contributed by atoms with Crippen LogP contribution in [0.5, 0.6) is 0 Å². The summed E-state index contributed by atoms with van der Waals surface area (Å²) in [6, 6.07) is 5.63. The Bertz CT molecular complexity index is 630. The second kappa shape index (κ2) is 6.69. The summed E-state index contributed by atoms with van der Waals surface area (Å²) in [4.78, 5) is 27.8. The molecule has 0 aromatic carbocycles. The number of pyridine rings is 2. The van der Waals surface area contributed by atoms with Gasteiger partial charge in [-0.15, -0.1) is 0 Å². The van der Waals surface area contributed by atoms with Crippen LogP contribution in [0.1, 0.15) is 20.7 Å². The summed E-state index contributed by atoms with van der Waals surface area (Å²) in [6.45, 7) is 0. The second-order valence-corrected chi connectivity index (χ2v) is 3.52. The van der Waals surface area contributed by atoms with Crippen molar-refractivity contribution >= 4 is 23.6 Å². The molecule has 2 rings (SSSR count). The molecule has 2 aromatic heterocycles. The summed E-state index contributed by atoms with van der Waals surface area (Å²) in [7, 11) is 0. The molecule has 0 unspecified atom stereocenters. The highest BCUT2D eigenvalue weighted by molar-refractivity contribution is 5.92. The number of aromatic nitrogens is 2. The lowest BCUT2D eigenvalue weighted by Crippen LogP contribution is -2.03. The van der Waals surface area contributed by atoms with Crippen LogP contribution >= 0.6 is 0 Å². The molecule has 0 saturated carbocycles. The second-order valence-electron chi connectivity index (χ2n) is 3.52. The third-order valence-corrected chi connectivity index (χ3v) is 2.10. The molecule has 8 heteroatoms. The van der Waals surface area contributed by atoms with Gasteiger partial charge in [0.2, 0.25) is 0 Å². The lowest BCUT2D eigenvalue weighted by molar-refractivity contribution is 0.0686. The molecule has 0 aliphatic heterocycles. The first kappa shape index (κ1) is 14.9. The van der Waals surface area contributed by atoms with Crippen LogP contribution in [-0.4, -0.2) is 32.1 Å². The van der Waals surface area contributed by atoms with Gasteiger partial charge in [-0.2, -0.15) is 0 Å². The fraction of sp³-hybridized carbons (Fsp3) is 0. The number of anilines is 2. The third kappa shape index (κ3) is 4.26. The number of nitrogens with zero attached hydrogens (tertiary/aromatic N) is 2. The van der Waals surface area contributed by atoms with E-state index in [0.717, 1.165) is 0 Å². The monoisotopic (exact) mass is 276 g/mol. The average molecular weight is 276 g/mol. The van der Waals surface area contributed by atoms with Crippen molar-refractivity contribution in [3.05, 3.63) is 47.8 Å². The summed E-state index contributed by atoms with van der Waals surface area (Å²) in [5.74, 6) is -1.77. The van der Waals surface area contributed by atoms with Crippen LogP contribution in [0.3, 0.4) is 0 Å². The van der Waals surface area contributed by atoms with Crippen molar-refractivity contribution < 1.29 is 19.8 Å². The molecule has 0 aliphatic carbocycles. The van der Waals surface area contributed by atoms with Crippen molar-refractivity contribution in [1.29, 1.82) is 0 Å². The molecule has 20 heavy (non-hydrogen) atoms. The van der Waals surface area contributed by atoms with Gasteiger partial charge in [-0.3, -0.25) is 0 Å². The number of carboxylic acids is 2. The normalized spacial score (nSPS) is 9.20. The largest absolute Gasteiger partial charge is 0.478 e. The van der Waals surface area contributed by atoms with Gasteiger partial charge in [0.25, 0.3) is 0 Å². The Balaban J connectivity index is 0.000000200. The van der Waals surface area contributed by atoms with Gasteiger partial charge in [-0.1, -0.05) is 0 Å². The van der Waals surface area contributed by atoms with Crippen LogP contribution < -0.4 is 11.5 Å². The zero-order valence-corrected chi connectivity index (χ0v) is 10.2. The Morgan fingerprint density at radius 2 is 1.70 bits per heavy atom. The highest BCUT2D eigenvalue weighted by Gasteiger charge is 2.05. The van der Waals surface area contributed by atoms with E-state index in [1.807, 2.05) is 0 Å². The van der Waals surface area contributed by atoms with E-state index in [0.29, 0.717) is 0 Å². The molecule has 2 aromatic rings. The minimum absolute atomic E-state index is 0.0440. The minimum Gasteiger partial charge on any atom is -0.478 e. The number of carbonyl (C=O) groups is 2. The number of rotatable bonds is 2. The van der Waals surface area contributed by atoms with E-state index in [1.165, 1.54) is 36.7 Å². The predicted octanol–water partition coefficient (Wildman–Crippen LogP) is 0.724. The first-order chi connectivity index (χ1) is 9.41. The van der Waals surface area contributed by atoms with Gasteiger partial charge < -0.3 is 21.7 Å². The molecule has 0 spiro atoms. The van der Waals surface area contributed by atoms with Gasteiger partial charge >= 0.3 is 11.9 Å². The highest BCUT2D eigenvalue weighted by Crippen LogP contribution is 2.05. The number of nitrogens with two attached hydrogens (primary N) is 2.